The van der Waals surface area contributed by atoms with Crippen molar-refractivity contribution in [3.8, 4) is 0 Å². The van der Waals surface area contributed by atoms with Crippen molar-refractivity contribution in [3.05, 3.63) is 11.6 Å². The highest BCUT2D eigenvalue weighted by atomic mass is 16.5. The molecule has 0 bridgehead atoms. The minimum Gasteiger partial charge on any atom is -0.463 e. The van der Waals surface area contributed by atoms with Crippen LogP contribution in [0.5, 0.6) is 0 Å². The van der Waals surface area contributed by atoms with Gasteiger partial charge in [-0.05, 0) is 26.3 Å². The molecule has 0 aromatic rings. The van der Waals surface area contributed by atoms with Gasteiger partial charge in [0.25, 0.3) is 0 Å². The first-order valence-electron chi connectivity index (χ1n) is 5.76. The minimum absolute atomic E-state index is 0.172. The van der Waals surface area contributed by atoms with Crippen molar-refractivity contribution in [1.29, 1.82) is 0 Å². The lowest BCUT2D eigenvalue weighted by atomic mass is 9.60. The van der Waals surface area contributed by atoms with Crippen LogP contribution in [0.15, 0.2) is 11.6 Å². The number of likely N-dealkylation sites (tertiary alicyclic amines) is 1. The molecule has 15 heavy (non-hydrogen) atoms. The third kappa shape index (κ3) is 2.07. The fourth-order valence-electron chi connectivity index (χ4n) is 2.71. The number of ether oxygens (including phenoxy) is 1. The molecule has 84 valence electrons. The van der Waals surface area contributed by atoms with Crippen LogP contribution >= 0.6 is 0 Å². The standard InChI is InChI=1S/C12H19NO2/c1-3-13-8-12(9-13)6-10(7-12)5-11(14)15-4-2/h5H,3-4,6-9H2,1-2H3. The lowest BCUT2D eigenvalue weighted by Gasteiger charge is -2.57. The minimum atomic E-state index is -0.172. The molecule has 0 N–H and O–H groups in total. The van der Waals surface area contributed by atoms with Gasteiger partial charge in [-0.3, -0.25) is 0 Å². The lowest BCUT2D eigenvalue weighted by molar-refractivity contribution is -0.137. The fourth-order valence-corrected chi connectivity index (χ4v) is 2.71. The Bertz CT molecular complexity index is 280. The van der Waals surface area contributed by atoms with Crippen LogP contribution in [0, 0.1) is 5.41 Å². The van der Waals surface area contributed by atoms with E-state index in [0.29, 0.717) is 12.0 Å². The third-order valence-corrected chi connectivity index (χ3v) is 3.38. The number of carbonyl (C=O) groups excluding carboxylic acids is 1. The van der Waals surface area contributed by atoms with Crippen LogP contribution < -0.4 is 0 Å². The number of esters is 1. The van der Waals surface area contributed by atoms with E-state index in [2.05, 4.69) is 11.8 Å². The Labute approximate surface area is 91.1 Å². The SMILES string of the molecule is CCOC(=O)C=C1CC2(C1)CN(CC)C2. The van der Waals surface area contributed by atoms with Crippen molar-refractivity contribution in [2.45, 2.75) is 26.7 Å². The topological polar surface area (TPSA) is 29.5 Å². The maximum absolute atomic E-state index is 11.2. The van der Waals surface area contributed by atoms with Gasteiger partial charge >= 0.3 is 5.97 Å². The molecule has 2 aliphatic rings. The molecule has 1 saturated carbocycles. The Morgan fingerprint density at radius 2 is 2.13 bits per heavy atom. The van der Waals surface area contributed by atoms with E-state index in [0.717, 1.165) is 19.4 Å². The summed E-state index contributed by atoms with van der Waals surface area (Å²) < 4.78 is 4.88. The smallest absolute Gasteiger partial charge is 0.330 e. The second kappa shape index (κ2) is 3.97. The summed E-state index contributed by atoms with van der Waals surface area (Å²) in [6, 6.07) is 0. The lowest BCUT2D eigenvalue weighted by Crippen LogP contribution is -2.60. The second-order valence-corrected chi connectivity index (χ2v) is 4.71. The molecular weight excluding hydrogens is 190 g/mol. The Hall–Kier alpha value is -0.830. The second-order valence-electron chi connectivity index (χ2n) is 4.71. The van der Waals surface area contributed by atoms with Crippen LogP contribution in [0.4, 0.5) is 0 Å². The monoisotopic (exact) mass is 209 g/mol. The number of carbonyl (C=O) groups is 1. The van der Waals surface area contributed by atoms with Crippen molar-refractivity contribution < 1.29 is 9.53 Å². The largest absolute Gasteiger partial charge is 0.463 e. The number of nitrogens with zero attached hydrogens (tertiary/aromatic N) is 1. The molecular formula is C12H19NO2. The van der Waals surface area contributed by atoms with E-state index in [4.69, 9.17) is 4.74 Å². The van der Waals surface area contributed by atoms with Crippen molar-refractivity contribution in [1.82, 2.24) is 4.90 Å². The van der Waals surface area contributed by atoms with Gasteiger partial charge in [-0.1, -0.05) is 12.5 Å². The van der Waals surface area contributed by atoms with E-state index in [-0.39, 0.29) is 5.97 Å². The molecule has 3 nitrogen and oxygen atoms in total. The van der Waals surface area contributed by atoms with Crippen LogP contribution in [0.2, 0.25) is 0 Å². The summed E-state index contributed by atoms with van der Waals surface area (Å²) in [6.45, 7) is 8.08. The molecule has 3 heteroatoms. The van der Waals surface area contributed by atoms with Gasteiger partial charge in [0.2, 0.25) is 0 Å². The zero-order chi connectivity index (χ0) is 10.9. The molecule has 1 spiro atoms. The first-order valence-corrected chi connectivity index (χ1v) is 5.76. The highest BCUT2D eigenvalue weighted by molar-refractivity contribution is 5.83. The molecule has 1 aliphatic heterocycles. The van der Waals surface area contributed by atoms with Gasteiger partial charge in [0, 0.05) is 24.6 Å². The molecule has 0 unspecified atom stereocenters. The summed E-state index contributed by atoms with van der Waals surface area (Å²) in [5.74, 6) is -0.172. The van der Waals surface area contributed by atoms with E-state index in [9.17, 15) is 4.79 Å². The van der Waals surface area contributed by atoms with Gasteiger partial charge < -0.3 is 9.64 Å². The Kier molecular flexibility index (Phi) is 2.83. The molecule has 0 radical (unpaired) electrons. The van der Waals surface area contributed by atoms with Crippen molar-refractivity contribution in [2.75, 3.05) is 26.2 Å². The highest BCUT2D eigenvalue weighted by Gasteiger charge is 2.49. The predicted molar refractivity (Wildman–Crippen MR) is 58.5 cm³/mol. The molecule has 0 aromatic heterocycles. The summed E-state index contributed by atoms with van der Waals surface area (Å²) in [4.78, 5) is 13.6. The van der Waals surface area contributed by atoms with Crippen LogP contribution in [-0.2, 0) is 9.53 Å². The summed E-state index contributed by atoms with van der Waals surface area (Å²) in [6.07, 6.45) is 3.88. The third-order valence-electron chi connectivity index (χ3n) is 3.38. The van der Waals surface area contributed by atoms with Gasteiger partial charge in [-0.2, -0.15) is 0 Å². The predicted octanol–water partition coefficient (Wildman–Crippen LogP) is 1.59. The van der Waals surface area contributed by atoms with E-state index >= 15 is 0 Å². The van der Waals surface area contributed by atoms with Crippen molar-refractivity contribution in [2.24, 2.45) is 5.41 Å². The van der Waals surface area contributed by atoms with Crippen molar-refractivity contribution in [3.63, 3.8) is 0 Å². The molecule has 1 aliphatic carbocycles. The van der Waals surface area contributed by atoms with Crippen LogP contribution in [0.1, 0.15) is 26.7 Å². The van der Waals surface area contributed by atoms with E-state index < -0.39 is 0 Å². The Morgan fingerprint density at radius 1 is 1.47 bits per heavy atom. The first kappa shape index (κ1) is 10.7. The van der Waals surface area contributed by atoms with Crippen LogP contribution in [0.25, 0.3) is 0 Å². The molecule has 0 amide bonds. The number of hydrogen-bond acceptors (Lipinski definition) is 3. The molecule has 2 rings (SSSR count). The maximum atomic E-state index is 11.2. The normalized spacial score (nSPS) is 23.2. The number of rotatable bonds is 3. The summed E-state index contributed by atoms with van der Waals surface area (Å²) in [5, 5.41) is 0. The summed E-state index contributed by atoms with van der Waals surface area (Å²) >= 11 is 0. The van der Waals surface area contributed by atoms with Gasteiger partial charge in [-0.15, -0.1) is 0 Å². The van der Waals surface area contributed by atoms with Gasteiger partial charge in [-0.25, -0.2) is 4.79 Å². The number of hydrogen-bond donors (Lipinski definition) is 0. The van der Waals surface area contributed by atoms with Crippen molar-refractivity contribution >= 4 is 5.97 Å². The van der Waals surface area contributed by atoms with E-state index in [1.165, 1.54) is 18.7 Å². The highest BCUT2D eigenvalue weighted by Crippen LogP contribution is 2.51. The molecule has 2 fully saturated rings. The van der Waals surface area contributed by atoms with Gasteiger partial charge in [0.1, 0.15) is 0 Å². The van der Waals surface area contributed by atoms with Crippen LogP contribution in [-0.4, -0.2) is 37.1 Å². The average Bonchev–Trinajstić information content (AvgIpc) is 2.07. The first-order chi connectivity index (χ1) is 7.17. The number of allylic oxidation sites excluding steroid dienone is 1. The van der Waals surface area contributed by atoms with Crippen LogP contribution in [0.3, 0.4) is 0 Å². The van der Waals surface area contributed by atoms with E-state index in [1.54, 1.807) is 6.08 Å². The Balaban J connectivity index is 1.76. The summed E-state index contributed by atoms with van der Waals surface area (Å²) in [5.41, 5.74) is 1.79. The molecule has 0 aromatic carbocycles. The van der Waals surface area contributed by atoms with E-state index in [1.807, 2.05) is 6.92 Å². The Morgan fingerprint density at radius 3 is 2.67 bits per heavy atom. The quantitative estimate of drug-likeness (QED) is 0.522. The average molecular weight is 209 g/mol. The molecule has 0 atom stereocenters. The fraction of sp³-hybridized carbons (Fsp3) is 0.750. The molecule has 1 saturated heterocycles. The zero-order valence-electron chi connectivity index (χ0n) is 9.58. The maximum Gasteiger partial charge on any atom is 0.330 e. The molecule has 1 heterocycles. The zero-order valence-corrected chi connectivity index (χ0v) is 9.58. The summed E-state index contributed by atoms with van der Waals surface area (Å²) in [7, 11) is 0. The van der Waals surface area contributed by atoms with Gasteiger partial charge in [0.15, 0.2) is 0 Å². The van der Waals surface area contributed by atoms with Gasteiger partial charge in [0.05, 0.1) is 6.61 Å².